The van der Waals surface area contributed by atoms with E-state index in [-0.39, 0.29) is 42.7 Å². The van der Waals surface area contributed by atoms with Crippen molar-refractivity contribution in [2.75, 3.05) is 19.6 Å². The van der Waals surface area contributed by atoms with E-state index in [1.165, 1.54) is 9.80 Å². The molecule has 0 saturated carbocycles. The Morgan fingerprint density at radius 3 is 1.74 bits per heavy atom. The molecule has 0 aliphatic carbocycles. The van der Waals surface area contributed by atoms with Crippen LogP contribution in [0.3, 0.4) is 0 Å². The van der Waals surface area contributed by atoms with Gasteiger partial charge in [-0.3, -0.25) is 4.90 Å². The zero-order valence-electron chi connectivity index (χ0n) is 17.7. The Hall–Kier alpha value is -1.99. The molecule has 1 aliphatic rings. The molecule has 1 rings (SSSR count). The predicted molar refractivity (Wildman–Crippen MR) is 100 cm³/mol. The second kappa shape index (κ2) is 8.35. The lowest BCUT2D eigenvalue weighted by atomic mass is 9.90. The third kappa shape index (κ3) is 6.29. The van der Waals surface area contributed by atoms with E-state index >= 15 is 0 Å². The molecular weight excluding hydrogens is 352 g/mol. The van der Waals surface area contributed by atoms with Crippen LogP contribution in [-0.2, 0) is 14.3 Å². The summed E-state index contributed by atoms with van der Waals surface area (Å²) in [5, 5.41) is 9.53. The van der Waals surface area contributed by atoms with Crippen molar-refractivity contribution in [2.45, 2.75) is 73.6 Å². The van der Waals surface area contributed by atoms with Crippen molar-refractivity contribution in [3.8, 4) is 0 Å². The van der Waals surface area contributed by atoms with Gasteiger partial charge in [-0.25, -0.2) is 14.4 Å². The van der Waals surface area contributed by atoms with Gasteiger partial charge in [-0.2, -0.15) is 0 Å². The van der Waals surface area contributed by atoms with E-state index in [4.69, 9.17) is 9.47 Å². The lowest BCUT2D eigenvalue weighted by molar-refractivity contribution is -0.145. The number of rotatable bonds is 3. The summed E-state index contributed by atoms with van der Waals surface area (Å²) >= 11 is 0. The van der Waals surface area contributed by atoms with E-state index in [0.717, 1.165) is 0 Å². The largest absolute Gasteiger partial charge is 0.480 e. The summed E-state index contributed by atoms with van der Waals surface area (Å²) in [6.07, 6.45) is -1.96. The van der Waals surface area contributed by atoms with Crippen LogP contribution in [0.25, 0.3) is 0 Å². The highest BCUT2D eigenvalue weighted by Gasteiger charge is 2.40. The standard InChI is InChI=1S/C19H34N2O6/c1-12(18(3,4)5)26-16(24)20-9-10-21(14(11-20)15(22)23)17(25)27-13(2)19(6,7)8/h12-14H,9-11H2,1-8H3,(H,22,23). The molecule has 0 bridgehead atoms. The Morgan fingerprint density at radius 2 is 1.33 bits per heavy atom. The minimum absolute atomic E-state index is 0.0751. The zero-order chi connectivity index (χ0) is 21.2. The molecule has 27 heavy (non-hydrogen) atoms. The van der Waals surface area contributed by atoms with Crippen molar-refractivity contribution in [3.63, 3.8) is 0 Å². The van der Waals surface area contributed by atoms with Crippen LogP contribution in [0.2, 0.25) is 0 Å². The number of ether oxygens (including phenoxy) is 2. The monoisotopic (exact) mass is 386 g/mol. The Kier molecular flexibility index (Phi) is 7.13. The molecule has 156 valence electrons. The summed E-state index contributed by atoms with van der Waals surface area (Å²) in [7, 11) is 0. The number of carboxylic acids is 1. The van der Waals surface area contributed by atoms with E-state index in [0.29, 0.717) is 0 Å². The molecule has 8 heteroatoms. The number of carbonyl (C=O) groups is 3. The molecule has 1 N–H and O–H groups in total. The Balaban J connectivity index is 2.80. The topological polar surface area (TPSA) is 96.4 Å². The first-order chi connectivity index (χ1) is 12.1. The van der Waals surface area contributed by atoms with Crippen LogP contribution in [0.15, 0.2) is 0 Å². The highest BCUT2D eigenvalue weighted by Crippen LogP contribution is 2.25. The molecule has 0 spiro atoms. The van der Waals surface area contributed by atoms with E-state index in [9.17, 15) is 19.5 Å². The molecule has 1 heterocycles. The number of hydrogen-bond donors (Lipinski definition) is 1. The van der Waals surface area contributed by atoms with Crippen LogP contribution in [0.5, 0.6) is 0 Å². The summed E-state index contributed by atoms with van der Waals surface area (Å²) in [5.74, 6) is -1.18. The summed E-state index contributed by atoms with van der Waals surface area (Å²) in [6.45, 7) is 15.4. The highest BCUT2D eigenvalue weighted by atomic mass is 16.6. The number of aliphatic carboxylic acids is 1. The number of carbonyl (C=O) groups excluding carboxylic acids is 2. The van der Waals surface area contributed by atoms with Crippen molar-refractivity contribution >= 4 is 18.2 Å². The third-order valence-corrected chi connectivity index (χ3v) is 5.15. The van der Waals surface area contributed by atoms with Crippen molar-refractivity contribution in [1.82, 2.24) is 9.80 Å². The first kappa shape index (κ1) is 23.0. The lowest BCUT2D eigenvalue weighted by Crippen LogP contribution is -2.60. The molecule has 3 atom stereocenters. The Bertz CT molecular complexity index is 564. The normalized spacial score (nSPS) is 20.7. The molecule has 0 aromatic rings. The Labute approximate surface area is 161 Å². The van der Waals surface area contributed by atoms with Crippen molar-refractivity contribution < 1.29 is 29.0 Å². The van der Waals surface area contributed by atoms with Gasteiger partial charge in [0.2, 0.25) is 0 Å². The third-order valence-electron chi connectivity index (χ3n) is 5.15. The van der Waals surface area contributed by atoms with E-state index in [1.54, 1.807) is 13.8 Å². The molecule has 3 unspecified atom stereocenters. The fourth-order valence-corrected chi connectivity index (χ4v) is 2.18. The molecular formula is C19H34N2O6. The molecule has 0 aromatic heterocycles. The van der Waals surface area contributed by atoms with E-state index in [2.05, 4.69) is 0 Å². The quantitative estimate of drug-likeness (QED) is 0.800. The molecule has 0 radical (unpaired) electrons. The maximum atomic E-state index is 12.5. The zero-order valence-corrected chi connectivity index (χ0v) is 17.7. The molecule has 2 amide bonds. The number of piperazine rings is 1. The smallest absolute Gasteiger partial charge is 0.410 e. The van der Waals surface area contributed by atoms with Gasteiger partial charge in [-0.1, -0.05) is 41.5 Å². The summed E-state index contributed by atoms with van der Waals surface area (Å²) in [6, 6.07) is -1.17. The minimum atomic E-state index is -1.18. The summed E-state index contributed by atoms with van der Waals surface area (Å²) < 4.78 is 10.9. The van der Waals surface area contributed by atoms with Crippen molar-refractivity contribution in [3.05, 3.63) is 0 Å². The molecule has 1 fully saturated rings. The summed E-state index contributed by atoms with van der Waals surface area (Å²) in [5.41, 5.74) is -0.486. The number of carboxylic acid groups (broad SMARTS) is 1. The minimum Gasteiger partial charge on any atom is -0.480 e. The molecule has 0 aromatic carbocycles. The van der Waals surface area contributed by atoms with E-state index < -0.39 is 24.2 Å². The first-order valence-corrected chi connectivity index (χ1v) is 9.30. The van der Waals surface area contributed by atoms with Gasteiger partial charge >= 0.3 is 18.2 Å². The van der Waals surface area contributed by atoms with Gasteiger partial charge in [0.25, 0.3) is 0 Å². The molecule has 1 saturated heterocycles. The van der Waals surface area contributed by atoms with Gasteiger partial charge < -0.3 is 19.5 Å². The maximum Gasteiger partial charge on any atom is 0.410 e. The average molecular weight is 386 g/mol. The Morgan fingerprint density at radius 1 is 0.889 bits per heavy atom. The predicted octanol–water partition coefficient (Wildman–Crippen LogP) is 3.20. The lowest BCUT2D eigenvalue weighted by Gasteiger charge is -2.40. The number of amides is 2. The first-order valence-electron chi connectivity index (χ1n) is 9.30. The van der Waals surface area contributed by atoms with E-state index in [1.807, 2.05) is 41.5 Å². The van der Waals surface area contributed by atoms with Crippen LogP contribution in [-0.4, -0.2) is 70.9 Å². The van der Waals surface area contributed by atoms with Gasteiger partial charge in [0.15, 0.2) is 6.04 Å². The fourth-order valence-electron chi connectivity index (χ4n) is 2.18. The highest BCUT2D eigenvalue weighted by molar-refractivity contribution is 5.82. The molecule has 1 aliphatic heterocycles. The average Bonchev–Trinajstić information content (AvgIpc) is 2.52. The van der Waals surface area contributed by atoms with Gasteiger partial charge in [0.1, 0.15) is 12.2 Å². The number of nitrogens with zero attached hydrogens (tertiary/aromatic N) is 2. The summed E-state index contributed by atoms with van der Waals surface area (Å²) in [4.78, 5) is 39.0. The van der Waals surface area contributed by atoms with Crippen molar-refractivity contribution in [1.29, 1.82) is 0 Å². The van der Waals surface area contributed by atoms with Crippen LogP contribution in [0.1, 0.15) is 55.4 Å². The maximum absolute atomic E-state index is 12.5. The second-order valence-corrected chi connectivity index (χ2v) is 9.28. The van der Waals surface area contributed by atoms with Crippen LogP contribution < -0.4 is 0 Å². The van der Waals surface area contributed by atoms with Gasteiger partial charge in [-0.05, 0) is 24.7 Å². The van der Waals surface area contributed by atoms with Gasteiger partial charge in [0, 0.05) is 13.1 Å². The fraction of sp³-hybridized carbons (Fsp3) is 0.842. The van der Waals surface area contributed by atoms with Gasteiger partial charge in [0.05, 0.1) is 6.54 Å². The van der Waals surface area contributed by atoms with Crippen LogP contribution >= 0.6 is 0 Å². The molecule has 8 nitrogen and oxygen atoms in total. The number of hydrogen-bond acceptors (Lipinski definition) is 5. The van der Waals surface area contributed by atoms with Gasteiger partial charge in [-0.15, -0.1) is 0 Å². The van der Waals surface area contributed by atoms with Crippen molar-refractivity contribution in [2.24, 2.45) is 10.8 Å². The second-order valence-electron chi connectivity index (χ2n) is 9.28. The SMILES string of the molecule is CC(OC(=O)N1CCN(C(=O)OC(C)C(C)(C)C)C(C(=O)O)C1)C(C)(C)C. The van der Waals surface area contributed by atoms with Crippen LogP contribution in [0, 0.1) is 10.8 Å². The van der Waals surface area contributed by atoms with Crippen LogP contribution in [0.4, 0.5) is 9.59 Å².